The average Bonchev–Trinajstić information content (AvgIpc) is 2.39. The van der Waals surface area contributed by atoms with E-state index in [1.54, 1.807) is 7.05 Å². The lowest BCUT2D eigenvalue weighted by Crippen LogP contribution is -2.34. The normalized spacial score (nSPS) is 13.8. The van der Waals surface area contributed by atoms with E-state index in [9.17, 15) is 4.79 Å². The average molecular weight is 248 g/mol. The van der Waals surface area contributed by atoms with Gasteiger partial charge in [0, 0.05) is 7.05 Å². The topological polar surface area (TPSA) is 50.4 Å². The van der Waals surface area contributed by atoms with Gasteiger partial charge in [-0.1, -0.05) is 12.1 Å². The summed E-state index contributed by atoms with van der Waals surface area (Å²) in [7, 11) is 1.67. The van der Waals surface area contributed by atoms with Crippen molar-refractivity contribution < 1.29 is 9.53 Å². The number of hydrogen-bond acceptors (Lipinski definition) is 3. The highest BCUT2D eigenvalue weighted by molar-refractivity contribution is 5.75. The van der Waals surface area contributed by atoms with Crippen molar-refractivity contribution in [2.45, 2.75) is 32.1 Å². The third-order valence-electron chi connectivity index (χ3n) is 3.20. The van der Waals surface area contributed by atoms with Crippen LogP contribution in [-0.4, -0.2) is 19.6 Å². The zero-order valence-electron chi connectivity index (χ0n) is 10.8. The molecular weight excluding hydrogens is 228 g/mol. The van der Waals surface area contributed by atoms with Crippen LogP contribution < -0.4 is 15.6 Å². The van der Waals surface area contributed by atoms with Crippen LogP contribution in [0.2, 0.25) is 0 Å². The lowest BCUT2D eigenvalue weighted by atomic mass is 9.91. The number of ether oxygens (including phenoxy) is 1. The molecule has 2 N–H and O–H groups in total. The summed E-state index contributed by atoms with van der Waals surface area (Å²) in [4.78, 5) is 11.3. The molecule has 4 heteroatoms. The molecule has 2 rings (SSSR count). The van der Waals surface area contributed by atoms with E-state index in [-0.39, 0.29) is 5.91 Å². The Balaban J connectivity index is 1.91. The fourth-order valence-electron chi connectivity index (χ4n) is 2.34. The van der Waals surface area contributed by atoms with Gasteiger partial charge in [-0.3, -0.25) is 10.2 Å². The van der Waals surface area contributed by atoms with Gasteiger partial charge >= 0.3 is 0 Å². The van der Waals surface area contributed by atoms with Crippen LogP contribution in [0.4, 0.5) is 0 Å². The Morgan fingerprint density at radius 3 is 3.00 bits per heavy atom. The number of carbonyl (C=O) groups is 1. The zero-order chi connectivity index (χ0) is 12.8. The van der Waals surface area contributed by atoms with Crippen molar-refractivity contribution >= 4 is 5.91 Å². The SMILES string of the molecule is CNNC(=O)CCOc1cccc2c1CCCC2. The molecule has 0 aromatic heterocycles. The third-order valence-corrected chi connectivity index (χ3v) is 3.20. The molecule has 0 atom stereocenters. The molecule has 1 aliphatic rings. The summed E-state index contributed by atoms with van der Waals surface area (Å²) in [5.74, 6) is 0.895. The molecule has 0 aliphatic heterocycles. The van der Waals surface area contributed by atoms with Crippen LogP contribution in [0.3, 0.4) is 0 Å². The van der Waals surface area contributed by atoms with Gasteiger partial charge in [-0.15, -0.1) is 0 Å². The highest BCUT2D eigenvalue weighted by Crippen LogP contribution is 2.29. The number of fused-ring (bicyclic) bond motifs is 1. The fourth-order valence-corrected chi connectivity index (χ4v) is 2.34. The second kappa shape index (κ2) is 6.40. The molecule has 1 amide bonds. The maximum absolute atomic E-state index is 11.3. The molecule has 0 unspecified atom stereocenters. The maximum atomic E-state index is 11.3. The summed E-state index contributed by atoms with van der Waals surface area (Å²) < 4.78 is 5.73. The number of hydrazine groups is 1. The summed E-state index contributed by atoms with van der Waals surface area (Å²) in [6.07, 6.45) is 5.10. The number of nitrogens with one attached hydrogen (secondary N) is 2. The van der Waals surface area contributed by atoms with Crippen molar-refractivity contribution in [1.82, 2.24) is 10.9 Å². The molecule has 0 saturated carbocycles. The lowest BCUT2D eigenvalue weighted by Gasteiger charge is -2.19. The molecule has 98 valence electrons. The highest BCUT2D eigenvalue weighted by Gasteiger charge is 2.13. The van der Waals surface area contributed by atoms with Crippen LogP contribution in [-0.2, 0) is 17.6 Å². The monoisotopic (exact) mass is 248 g/mol. The fraction of sp³-hybridized carbons (Fsp3) is 0.500. The largest absolute Gasteiger partial charge is 0.493 e. The predicted molar refractivity (Wildman–Crippen MR) is 70.4 cm³/mol. The van der Waals surface area contributed by atoms with E-state index in [0.717, 1.165) is 18.6 Å². The molecule has 0 radical (unpaired) electrons. The first-order valence-electron chi connectivity index (χ1n) is 6.50. The number of carbonyl (C=O) groups excluding carboxylic acids is 1. The molecular formula is C14H20N2O2. The van der Waals surface area contributed by atoms with Gasteiger partial charge in [0.2, 0.25) is 5.91 Å². The third kappa shape index (κ3) is 3.23. The molecule has 0 bridgehead atoms. The minimum absolute atomic E-state index is 0.0534. The van der Waals surface area contributed by atoms with Crippen molar-refractivity contribution in [3.8, 4) is 5.75 Å². The van der Waals surface area contributed by atoms with Crippen molar-refractivity contribution in [1.29, 1.82) is 0 Å². The van der Waals surface area contributed by atoms with E-state index in [4.69, 9.17) is 4.74 Å². The first-order valence-corrected chi connectivity index (χ1v) is 6.50. The molecule has 0 saturated heterocycles. The van der Waals surface area contributed by atoms with Crippen LogP contribution >= 0.6 is 0 Å². The molecule has 0 spiro atoms. The number of hydrogen-bond donors (Lipinski definition) is 2. The molecule has 1 aromatic carbocycles. The Hall–Kier alpha value is -1.55. The molecule has 0 fully saturated rings. The molecule has 0 heterocycles. The summed E-state index contributed by atoms with van der Waals surface area (Å²) >= 11 is 0. The van der Waals surface area contributed by atoms with Gasteiger partial charge in [-0.25, -0.2) is 5.43 Å². The lowest BCUT2D eigenvalue weighted by molar-refractivity contribution is -0.122. The van der Waals surface area contributed by atoms with E-state index in [0.29, 0.717) is 13.0 Å². The van der Waals surface area contributed by atoms with Crippen LogP contribution in [0.15, 0.2) is 18.2 Å². The standard InChI is InChI=1S/C14H20N2O2/c1-15-16-14(17)9-10-18-13-8-4-6-11-5-2-3-7-12(11)13/h4,6,8,15H,2-3,5,7,9-10H2,1H3,(H,16,17). The summed E-state index contributed by atoms with van der Waals surface area (Å²) in [5, 5.41) is 0. The van der Waals surface area contributed by atoms with Gasteiger partial charge in [-0.2, -0.15) is 0 Å². The van der Waals surface area contributed by atoms with Crippen LogP contribution in [0.25, 0.3) is 0 Å². The Morgan fingerprint density at radius 2 is 2.17 bits per heavy atom. The number of rotatable bonds is 5. The summed E-state index contributed by atoms with van der Waals surface area (Å²) in [6.45, 7) is 0.421. The van der Waals surface area contributed by atoms with Gasteiger partial charge in [0.05, 0.1) is 13.0 Å². The Morgan fingerprint density at radius 1 is 1.33 bits per heavy atom. The summed E-state index contributed by atoms with van der Waals surface area (Å²) in [6, 6.07) is 6.21. The van der Waals surface area contributed by atoms with Gasteiger partial charge < -0.3 is 4.74 Å². The smallest absolute Gasteiger partial charge is 0.237 e. The zero-order valence-corrected chi connectivity index (χ0v) is 10.8. The summed E-state index contributed by atoms with van der Waals surface area (Å²) in [5.41, 5.74) is 7.87. The van der Waals surface area contributed by atoms with E-state index >= 15 is 0 Å². The highest BCUT2D eigenvalue weighted by atomic mass is 16.5. The number of benzene rings is 1. The minimum Gasteiger partial charge on any atom is -0.493 e. The number of amides is 1. The first kappa shape index (κ1) is 12.9. The second-order valence-electron chi connectivity index (χ2n) is 4.50. The molecule has 18 heavy (non-hydrogen) atoms. The van der Waals surface area contributed by atoms with Crippen LogP contribution in [0, 0.1) is 0 Å². The van der Waals surface area contributed by atoms with Crippen molar-refractivity contribution in [2.75, 3.05) is 13.7 Å². The van der Waals surface area contributed by atoms with Gasteiger partial charge in [0.15, 0.2) is 0 Å². The van der Waals surface area contributed by atoms with E-state index < -0.39 is 0 Å². The Kier molecular flexibility index (Phi) is 4.59. The number of aryl methyl sites for hydroxylation is 1. The van der Waals surface area contributed by atoms with E-state index in [1.807, 2.05) is 12.1 Å². The molecule has 4 nitrogen and oxygen atoms in total. The van der Waals surface area contributed by atoms with Crippen molar-refractivity contribution in [3.63, 3.8) is 0 Å². The quantitative estimate of drug-likeness (QED) is 0.778. The van der Waals surface area contributed by atoms with Crippen molar-refractivity contribution in [2.24, 2.45) is 0 Å². The van der Waals surface area contributed by atoms with Gasteiger partial charge in [0.25, 0.3) is 0 Å². The van der Waals surface area contributed by atoms with Gasteiger partial charge in [-0.05, 0) is 42.9 Å². The Labute approximate surface area is 108 Å². The van der Waals surface area contributed by atoms with E-state index in [1.165, 1.54) is 24.0 Å². The van der Waals surface area contributed by atoms with Gasteiger partial charge in [0.1, 0.15) is 5.75 Å². The first-order chi connectivity index (χ1) is 8.81. The molecule has 1 aliphatic carbocycles. The minimum atomic E-state index is -0.0534. The maximum Gasteiger partial charge on any atom is 0.237 e. The van der Waals surface area contributed by atoms with Crippen LogP contribution in [0.5, 0.6) is 5.75 Å². The van der Waals surface area contributed by atoms with E-state index in [2.05, 4.69) is 16.9 Å². The Bertz CT molecular complexity index is 418. The van der Waals surface area contributed by atoms with Crippen molar-refractivity contribution in [3.05, 3.63) is 29.3 Å². The van der Waals surface area contributed by atoms with Crippen LogP contribution in [0.1, 0.15) is 30.4 Å². The predicted octanol–water partition coefficient (Wildman–Crippen LogP) is 1.58. The molecule has 1 aromatic rings. The second-order valence-corrected chi connectivity index (χ2v) is 4.50.